The van der Waals surface area contributed by atoms with Gasteiger partial charge in [0, 0.05) is 50.0 Å². The van der Waals surface area contributed by atoms with Gasteiger partial charge in [0.1, 0.15) is 17.1 Å². The molecule has 3 heterocycles. The molecule has 31 heavy (non-hydrogen) atoms. The first-order chi connectivity index (χ1) is 15.1. The van der Waals surface area contributed by atoms with Crippen LogP contribution in [0.3, 0.4) is 0 Å². The Morgan fingerprint density at radius 1 is 1.06 bits per heavy atom. The number of fused-ring (bicyclic) bond motifs is 1. The van der Waals surface area contributed by atoms with Gasteiger partial charge in [0.2, 0.25) is 5.95 Å². The van der Waals surface area contributed by atoms with Crippen molar-refractivity contribution in [1.82, 2.24) is 19.9 Å². The molecule has 0 bridgehead atoms. The Hall–Kier alpha value is -3.29. The fourth-order valence-corrected chi connectivity index (χ4v) is 4.09. The molecule has 8 heteroatoms. The van der Waals surface area contributed by atoms with Crippen molar-refractivity contribution in [3.05, 3.63) is 42.4 Å². The standard InChI is InChI=1S/C23H29N7O/c1-15(31)11-17-13-27-23(28-14-17)26-12-16-3-6-19(7-4-16)29-20-8-5-18-9-10-25-22(24-2)21(18)30-20/h5,8-10,13-14,16,19H,3-4,6-7,11-12H2,1-2H3,(H,24,25)(H,29,30)(H,26,27,28). The third kappa shape index (κ3) is 5.45. The Labute approximate surface area is 182 Å². The van der Waals surface area contributed by atoms with Crippen LogP contribution in [0.25, 0.3) is 10.9 Å². The van der Waals surface area contributed by atoms with E-state index in [1.807, 2.05) is 19.2 Å². The summed E-state index contributed by atoms with van der Waals surface area (Å²) in [7, 11) is 1.87. The van der Waals surface area contributed by atoms with Crippen LogP contribution in [0, 0.1) is 5.92 Å². The first-order valence-electron chi connectivity index (χ1n) is 10.8. The highest BCUT2D eigenvalue weighted by Crippen LogP contribution is 2.27. The largest absolute Gasteiger partial charge is 0.371 e. The summed E-state index contributed by atoms with van der Waals surface area (Å²) in [6.45, 7) is 2.44. The fraction of sp³-hybridized carbons (Fsp3) is 0.435. The van der Waals surface area contributed by atoms with Crippen molar-refractivity contribution < 1.29 is 4.79 Å². The molecule has 0 amide bonds. The molecule has 0 aliphatic heterocycles. The van der Waals surface area contributed by atoms with Gasteiger partial charge in [0.15, 0.2) is 5.82 Å². The second-order valence-corrected chi connectivity index (χ2v) is 8.21. The molecule has 0 radical (unpaired) electrons. The molecule has 0 unspecified atom stereocenters. The highest BCUT2D eigenvalue weighted by atomic mass is 16.1. The average molecular weight is 420 g/mol. The number of hydrogen-bond donors (Lipinski definition) is 3. The van der Waals surface area contributed by atoms with E-state index in [-0.39, 0.29) is 5.78 Å². The number of carbonyl (C=O) groups excluding carboxylic acids is 1. The zero-order valence-electron chi connectivity index (χ0n) is 18.1. The van der Waals surface area contributed by atoms with Crippen molar-refractivity contribution in [2.75, 3.05) is 29.5 Å². The van der Waals surface area contributed by atoms with E-state index < -0.39 is 0 Å². The predicted octanol–water partition coefficient (Wildman–Crippen LogP) is 3.68. The Kier molecular flexibility index (Phi) is 6.54. The minimum atomic E-state index is 0.118. The first kappa shape index (κ1) is 21.0. The van der Waals surface area contributed by atoms with E-state index in [4.69, 9.17) is 4.98 Å². The summed E-state index contributed by atoms with van der Waals surface area (Å²) in [6, 6.07) is 6.54. The van der Waals surface area contributed by atoms with Crippen molar-refractivity contribution in [3.8, 4) is 0 Å². The van der Waals surface area contributed by atoms with Crippen LogP contribution in [-0.4, -0.2) is 45.4 Å². The fourth-order valence-electron chi connectivity index (χ4n) is 4.09. The molecule has 0 spiro atoms. The Morgan fingerprint density at radius 2 is 1.84 bits per heavy atom. The maximum absolute atomic E-state index is 11.2. The van der Waals surface area contributed by atoms with E-state index in [1.54, 1.807) is 25.5 Å². The summed E-state index contributed by atoms with van der Waals surface area (Å²) in [5, 5.41) is 11.1. The summed E-state index contributed by atoms with van der Waals surface area (Å²) in [5.41, 5.74) is 1.74. The molecule has 0 atom stereocenters. The molecule has 3 aromatic rings. The van der Waals surface area contributed by atoms with Crippen LogP contribution in [0.1, 0.15) is 38.2 Å². The normalized spacial score (nSPS) is 18.5. The smallest absolute Gasteiger partial charge is 0.222 e. The second kappa shape index (κ2) is 9.68. The number of aromatic nitrogens is 4. The van der Waals surface area contributed by atoms with Gasteiger partial charge in [-0.2, -0.15) is 0 Å². The van der Waals surface area contributed by atoms with Gasteiger partial charge in [-0.25, -0.2) is 19.9 Å². The van der Waals surface area contributed by atoms with Gasteiger partial charge in [-0.1, -0.05) is 0 Å². The summed E-state index contributed by atoms with van der Waals surface area (Å²) in [4.78, 5) is 28.9. The molecule has 4 rings (SSSR count). The van der Waals surface area contributed by atoms with Crippen LogP contribution in [0.15, 0.2) is 36.8 Å². The van der Waals surface area contributed by atoms with Crippen LogP contribution in [-0.2, 0) is 11.2 Å². The van der Waals surface area contributed by atoms with E-state index in [2.05, 4.69) is 37.0 Å². The van der Waals surface area contributed by atoms with E-state index in [1.165, 1.54) is 0 Å². The topological polar surface area (TPSA) is 105 Å². The van der Waals surface area contributed by atoms with E-state index >= 15 is 0 Å². The van der Waals surface area contributed by atoms with Gasteiger partial charge < -0.3 is 16.0 Å². The number of Topliss-reactive ketones (excluding diaryl/α,β-unsaturated/α-hetero) is 1. The lowest BCUT2D eigenvalue weighted by Crippen LogP contribution is -2.29. The van der Waals surface area contributed by atoms with Crippen LogP contribution >= 0.6 is 0 Å². The Bertz CT molecular complexity index is 1030. The van der Waals surface area contributed by atoms with E-state index in [0.717, 1.165) is 60.3 Å². The molecule has 1 aliphatic rings. The number of nitrogens with one attached hydrogen (secondary N) is 3. The third-order valence-corrected chi connectivity index (χ3v) is 5.75. The lowest BCUT2D eigenvalue weighted by Gasteiger charge is -2.29. The maximum atomic E-state index is 11.2. The monoisotopic (exact) mass is 419 g/mol. The highest BCUT2D eigenvalue weighted by Gasteiger charge is 2.21. The summed E-state index contributed by atoms with van der Waals surface area (Å²) in [5.74, 6) is 3.04. The van der Waals surface area contributed by atoms with Gasteiger partial charge in [-0.15, -0.1) is 0 Å². The quantitative estimate of drug-likeness (QED) is 0.508. The minimum absolute atomic E-state index is 0.118. The van der Waals surface area contributed by atoms with Gasteiger partial charge in [0.05, 0.1) is 0 Å². The number of hydrogen-bond acceptors (Lipinski definition) is 8. The molecular formula is C23H29N7O. The number of anilines is 3. The first-order valence-corrected chi connectivity index (χ1v) is 10.8. The van der Waals surface area contributed by atoms with Crippen molar-refractivity contribution >= 4 is 34.3 Å². The van der Waals surface area contributed by atoms with Gasteiger partial charge >= 0.3 is 0 Å². The van der Waals surface area contributed by atoms with Crippen molar-refractivity contribution in [2.24, 2.45) is 5.92 Å². The maximum Gasteiger partial charge on any atom is 0.222 e. The van der Waals surface area contributed by atoms with Gasteiger partial charge in [0.25, 0.3) is 0 Å². The lowest BCUT2D eigenvalue weighted by atomic mass is 9.86. The van der Waals surface area contributed by atoms with Crippen molar-refractivity contribution in [2.45, 2.75) is 45.1 Å². The zero-order valence-corrected chi connectivity index (χ0v) is 18.1. The van der Waals surface area contributed by atoms with Gasteiger partial charge in [-0.3, -0.25) is 4.79 Å². The summed E-state index contributed by atoms with van der Waals surface area (Å²) in [6.07, 6.45) is 10.1. The molecular weight excluding hydrogens is 390 g/mol. The molecule has 1 saturated carbocycles. The minimum Gasteiger partial charge on any atom is -0.371 e. The van der Waals surface area contributed by atoms with Crippen molar-refractivity contribution in [3.63, 3.8) is 0 Å². The van der Waals surface area contributed by atoms with Gasteiger partial charge in [-0.05, 0) is 62.3 Å². The van der Waals surface area contributed by atoms with E-state index in [9.17, 15) is 4.79 Å². The highest BCUT2D eigenvalue weighted by molar-refractivity contribution is 5.89. The Morgan fingerprint density at radius 3 is 2.55 bits per heavy atom. The van der Waals surface area contributed by atoms with Crippen molar-refractivity contribution in [1.29, 1.82) is 0 Å². The number of rotatable bonds is 8. The Balaban J connectivity index is 1.26. The zero-order chi connectivity index (χ0) is 21.6. The number of carbonyl (C=O) groups is 1. The summed E-state index contributed by atoms with van der Waals surface area (Å²) >= 11 is 0. The molecule has 1 fully saturated rings. The van der Waals surface area contributed by atoms with Crippen LogP contribution in [0.5, 0.6) is 0 Å². The number of pyridine rings is 2. The number of ketones is 1. The second-order valence-electron chi connectivity index (χ2n) is 8.21. The van der Waals surface area contributed by atoms with E-state index in [0.29, 0.717) is 24.3 Å². The average Bonchev–Trinajstić information content (AvgIpc) is 2.79. The summed E-state index contributed by atoms with van der Waals surface area (Å²) < 4.78 is 0. The molecule has 8 nitrogen and oxygen atoms in total. The molecule has 0 saturated heterocycles. The SMILES string of the molecule is CNc1nccc2ccc(NC3CCC(CNc4ncc(CC(C)=O)cn4)CC3)nc12. The molecule has 3 N–H and O–H groups in total. The molecule has 162 valence electrons. The number of nitrogens with zero attached hydrogens (tertiary/aromatic N) is 4. The lowest BCUT2D eigenvalue weighted by molar-refractivity contribution is -0.116. The van der Waals surface area contributed by atoms with Crippen LogP contribution in [0.4, 0.5) is 17.6 Å². The van der Waals surface area contributed by atoms with Crippen LogP contribution < -0.4 is 16.0 Å². The van der Waals surface area contributed by atoms with Crippen LogP contribution in [0.2, 0.25) is 0 Å². The molecule has 3 aromatic heterocycles. The predicted molar refractivity (Wildman–Crippen MR) is 123 cm³/mol. The third-order valence-electron chi connectivity index (χ3n) is 5.75. The molecule has 0 aromatic carbocycles. The molecule has 1 aliphatic carbocycles.